The van der Waals surface area contributed by atoms with Crippen LogP contribution in [0.3, 0.4) is 0 Å². The van der Waals surface area contributed by atoms with Gasteiger partial charge in [0.05, 0.1) is 10.9 Å². The van der Waals surface area contributed by atoms with Gasteiger partial charge in [-0.3, -0.25) is 9.78 Å². The van der Waals surface area contributed by atoms with Gasteiger partial charge in [-0.05, 0) is 31.4 Å². The summed E-state index contributed by atoms with van der Waals surface area (Å²) >= 11 is 0. The Morgan fingerprint density at radius 3 is 3.00 bits per heavy atom. The summed E-state index contributed by atoms with van der Waals surface area (Å²) in [4.78, 5) is 19.1. The fourth-order valence-corrected chi connectivity index (χ4v) is 2.27. The SMILES string of the molecule is O=c1[nH]c(NC2CC=CCC2)nc2ccccc12. The van der Waals surface area contributed by atoms with Crippen molar-refractivity contribution >= 4 is 16.9 Å². The number of hydrogen-bond acceptors (Lipinski definition) is 3. The van der Waals surface area contributed by atoms with Crippen LogP contribution in [0.1, 0.15) is 19.3 Å². The maximum atomic E-state index is 11.9. The lowest BCUT2D eigenvalue weighted by atomic mass is 10.0. The summed E-state index contributed by atoms with van der Waals surface area (Å²) in [5.41, 5.74) is 0.643. The summed E-state index contributed by atoms with van der Waals surface area (Å²) in [6.07, 6.45) is 7.49. The third-order valence-corrected chi connectivity index (χ3v) is 3.22. The van der Waals surface area contributed by atoms with E-state index in [1.165, 1.54) is 0 Å². The molecule has 2 N–H and O–H groups in total. The van der Waals surface area contributed by atoms with E-state index in [9.17, 15) is 4.79 Å². The van der Waals surface area contributed by atoms with Crippen LogP contribution in [0.15, 0.2) is 41.2 Å². The first-order valence-corrected chi connectivity index (χ1v) is 6.23. The van der Waals surface area contributed by atoms with Crippen LogP contribution >= 0.6 is 0 Å². The van der Waals surface area contributed by atoms with E-state index in [0.29, 0.717) is 17.4 Å². The van der Waals surface area contributed by atoms with Crippen LogP contribution in [0, 0.1) is 0 Å². The first-order valence-electron chi connectivity index (χ1n) is 6.23. The van der Waals surface area contributed by atoms with Gasteiger partial charge in [-0.25, -0.2) is 4.98 Å². The predicted octanol–water partition coefficient (Wildman–Crippen LogP) is 2.44. The molecule has 1 aliphatic rings. The fraction of sp³-hybridized carbons (Fsp3) is 0.286. The molecular formula is C14H15N3O. The number of fused-ring (bicyclic) bond motifs is 1. The third kappa shape index (κ3) is 2.14. The van der Waals surface area contributed by atoms with Gasteiger partial charge >= 0.3 is 0 Å². The zero-order chi connectivity index (χ0) is 12.4. The van der Waals surface area contributed by atoms with Crippen molar-refractivity contribution < 1.29 is 0 Å². The van der Waals surface area contributed by atoms with Crippen LogP contribution in [-0.4, -0.2) is 16.0 Å². The van der Waals surface area contributed by atoms with Crippen LogP contribution in [0.4, 0.5) is 5.95 Å². The molecule has 0 fully saturated rings. The standard InChI is InChI=1S/C14H15N3O/c18-13-11-8-4-5-9-12(11)16-14(17-13)15-10-6-2-1-3-7-10/h1-2,4-5,8-10H,3,6-7H2,(H2,15,16,17,18). The van der Waals surface area contributed by atoms with E-state index in [-0.39, 0.29) is 5.56 Å². The molecule has 92 valence electrons. The molecule has 1 aromatic carbocycles. The monoisotopic (exact) mass is 241 g/mol. The smallest absolute Gasteiger partial charge is 0.260 e. The molecule has 18 heavy (non-hydrogen) atoms. The van der Waals surface area contributed by atoms with Gasteiger partial charge in [0.25, 0.3) is 5.56 Å². The maximum absolute atomic E-state index is 11.9. The molecule has 4 heteroatoms. The largest absolute Gasteiger partial charge is 0.353 e. The van der Waals surface area contributed by atoms with Gasteiger partial charge in [-0.1, -0.05) is 24.3 Å². The average molecular weight is 241 g/mol. The van der Waals surface area contributed by atoms with Crippen molar-refractivity contribution in [3.8, 4) is 0 Å². The average Bonchev–Trinajstić information content (AvgIpc) is 2.40. The van der Waals surface area contributed by atoms with Crippen molar-refractivity contribution in [3.63, 3.8) is 0 Å². The highest BCUT2D eigenvalue weighted by Crippen LogP contribution is 2.15. The highest BCUT2D eigenvalue weighted by atomic mass is 16.1. The number of para-hydroxylation sites is 1. The molecule has 0 amide bonds. The number of benzene rings is 1. The van der Waals surface area contributed by atoms with E-state index in [1.54, 1.807) is 6.07 Å². The van der Waals surface area contributed by atoms with Gasteiger partial charge in [-0.2, -0.15) is 0 Å². The molecule has 4 nitrogen and oxygen atoms in total. The number of H-pyrrole nitrogens is 1. The molecule has 2 aromatic rings. The third-order valence-electron chi connectivity index (χ3n) is 3.22. The molecule has 1 unspecified atom stereocenters. The van der Waals surface area contributed by atoms with Crippen LogP contribution in [0.2, 0.25) is 0 Å². The lowest BCUT2D eigenvalue weighted by Crippen LogP contribution is -2.23. The fourth-order valence-electron chi connectivity index (χ4n) is 2.27. The molecule has 3 rings (SSSR count). The summed E-state index contributed by atoms with van der Waals surface area (Å²) in [5, 5.41) is 3.93. The quantitative estimate of drug-likeness (QED) is 0.794. The molecule has 1 heterocycles. The van der Waals surface area contributed by atoms with Crippen molar-refractivity contribution in [1.82, 2.24) is 9.97 Å². The van der Waals surface area contributed by atoms with Crippen molar-refractivity contribution in [2.24, 2.45) is 0 Å². The van der Waals surface area contributed by atoms with E-state index in [4.69, 9.17) is 0 Å². The Morgan fingerprint density at radius 1 is 1.28 bits per heavy atom. The molecular weight excluding hydrogens is 226 g/mol. The van der Waals surface area contributed by atoms with Crippen LogP contribution in [-0.2, 0) is 0 Å². The van der Waals surface area contributed by atoms with E-state index in [1.807, 2.05) is 18.2 Å². The molecule has 1 aliphatic carbocycles. The van der Waals surface area contributed by atoms with Gasteiger partial charge in [0.15, 0.2) is 0 Å². The molecule has 0 saturated heterocycles. The second kappa shape index (κ2) is 4.64. The lowest BCUT2D eigenvalue weighted by Gasteiger charge is -2.19. The Kier molecular flexibility index (Phi) is 2.84. The van der Waals surface area contributed by atoms with Crippen molar-refractivity contribution in [3.05, 3.63) is 46.8 Å². The van der Waals surface area contributed by atoms with Crippen LogP contribution in [0.25, 0.3) is 10.9 Å². The molecule has 1 atom stereocenters. The Balaban J connectivity index is 1.93. The first kappa shape index (κ1) is 11.0. The van der Waals surface area contributed by atoms with Gasteiger partial charge in [-0.15, -0.1) is 0 Å². The minimum Gasteiger partial charge on any atom is -0.353 e. The van der Waals surface area contributed by atoms with E-state index >= 15 is 0 Å². The van der Waals surface area contributed by atoms with Gasteiger partial charge in [0.2, 0.25) is 5.95 Å². The van der Waals surface area contributed by atoms with Gasteiger partial charge in [0.1, 0.15) is 0 Å². The molecule has 0 spiro atoms. The zero-order valence-corrected chi connectivity index (χ0v) is 10.0. The molecule has 1 aromatic heterocycles. The number of hydrogen-bond donors (Lipinski definition) is 2. The summed E-state index contributed by atoms with van der Waals surface area (Å²) in [7, 11) is 0. The van der Waals surface area contributed by atoms with Crippen LogP contribution < -0.4 is 10.9 Å². The second-order valence-corrected chi connectivity index (χ2v) is 4.56. The predicted molar refractivity (Wildman–Crippen MR) is 72.8 cm³/mol. The summed E-state index contributed by atoms with van der Waals surface area (Å²) in [6, 6.07) is 7.74. The Labute approximate surface area is 105 Å². The number of rotatable bonds is 2. The maximum Gasteiger partial charge on any atom is 0.260 e. The van der Waals surface area contributed by atoms with E-state index in [0.717, 1.165) is 24.8 Å². The molecule has 0 saturated carbocycles. The summed E-state index contributed by atoms with van der Waals surface area (Å²) in [6.45, 7) is 0. The highest BCUT2D eigenvalue weighted by Gasteiger charge is 2.11. The molecule has 0 bridgehead atoms. The van der Waals surface area contributed by atoms with Gasteiger partial charge in [0, 0.05) is 6.04 Å². The van der Waals surface area contributed by atoms with Crippen molar-refractivity contribution in [2.45, 2.75) is 25.3 Å². The second-order valence-electron chi connectivity index (χ2n) is 4.56. The summed E-state index contributed by atoms with van der Waals surface area (Å²) in [5.74, 6) is 0.569. The molecule has 0 radical (unpaired) electrons. The lowest BCUT2D eigenvalue weighted by molar-refractivity contribution is 0.639. The number of anilines is 1. The normalized spacial score (nSPS) is 19.0. The Hall–Kier alpha value is -2.10. The highest BCUT2D eigenvalue weighted by molar-refractivity contribution is 5.78. The molecule has 0 aliphatic heterocycles. The van der Waals surface area contributed by atoms with Gasteiger partial charge < -0.3 is 5.32 Å². The number of aromatic amines is 1. The number of allylic oxidation sites excluding steroid dienone is 1. The van der Waals surface area contributed by atoms with Crippen molar-refractivity contribution in [1.29, 1.82) is 0 Å². The minimum absolute atomic E-state index is 0.0885. The van der Waals surface area contributed by atoms with E-state index < -0.39 is 0 Å². The number of aromatic nitrogens is 2. The van der Waals surface area contributed by atoms with Crippen molar-refractivity contribution in [2.75, 3.05) is 5.32 Å². The van der Waals surface area contributed by atoms with E-state index in [2.05, 4.69) is 27.4 Å². The number of nitrogens with one attached hydrogen (secondary N) is 2. The zero-order valence-electron chi connectivity index (χ0n) is 10.0. The summed E-state index contributed by atoms with van der Waals surface area (Å²) < 4.78 is 0. The first-order chi connectivity index (χ1) is 8.83. The topological polar surface area (TPSA) is 57.8 Å². The minimum atomic E-state index is -0.0885. The Morgan fingerprint density at radius 2 is 2.17 bits per heavy atom. The Bertz CT molecular complexity index is 645. The number of nitrogens with zero attached hydrogens (tertiary/aromatic N) is 1. The van der Waals surface area contributed by atoms with Crippen LogP contribution in [0.5, 0.6) is 0 Å².